The number of aromatic amines is 1. The molecule has 74 valence electrons. The number of rotatable bonds is 4. The van der Waals surface area contributed by atoms with Crippen molar-refractivity contribution in [3.63, 3.8) is 0 Å². The van der Waals surface area contributed by atoms with E-state index in [-0.39, 0.29) is 0 Å². The quantitative estimate of drug-likeness (QED) is 0.746. The Labute approximate surface area is 79.8 Å². The maximum Gasteiger partial charge on any atom is 0.106 e. The maximum absolute atomic E-state index is 5.63. The summed E-state index contributed by atoms with van der Waals surface area (Å²) in [6.45, 7) is 7.00. The van der Waals surface area contributed by atoms with Gasteiger partial charge in [-0.1, -0.05) is 20.8 Å². The Hall–Kier alpha value is -0.830. The summed E-state index contributed by atoms with van der Waals surface area (Å²) in [7, 11) is 0. The molecule has 0 saturated heterocycles. The second kappa shape index (κ2) is 4.42. The summed E-state index contributed by atoms with van der Waals surface area (Å²) in [6, 6.07) is 0. The summed E-state index contributed by atoms with van der Waals surface area (Å²) < 4.78 is 0. The molecule has 1 aromatic rings. The Morgan fingerprint density at radius 1 is 1.46 bits per heavy atom. The number of nitrogens with two attached hydrogens (primary N) is 1. The molecule has 1 heterocycles. The Kier molecular flexibility index (Phi) is 3.48. The van der Waals surface area contributed by atoms with Gasteiger partial charge in [-0.25, -0.2) is 4.98 Å². The number of hydrogen-bond acceptors (Lipinski definition) is 2. The molecule has 0 amide bonds. The molecule has 0 unspecified atom stereocenters. The minimum Gasteiger partial charge on any atom is -0.345 e. The molecule has 0 fully saturated rings. The van der Waals surface area contributed by atoms with Crippen LogP contribution in [0.4, 0.5) is 0 Å². The largest absolute Gasteiger partial charge is 0.345 e. The van der Waals surface area contributed by atoms with Crippen molar-refractivity contribution in [2.75, 3.05) is 0 Å². The third-order valence-corrected chi connectivity index (χ3v) is 2.10. The molecule has 0 aliphatic heterocycles. The number of imidazole rings is 1. The Bertz CT molecular complexity index is 263. The van der Waals surface area contributed by atoms with Crippen LogP contribution >= 0.6 is 0 Å². The van der Waals surface area contributed by atoms with Crippen LogP contribution in [0.5, 0.6) is 0 Å². The molecule has 0 atom stereocenters. The highest BCUT2D eigenvalue weighted by molar-refractivity contribution is 5.18. The fourth-order valence-electron chi connectivity index (χ4n) is 1.47. The summed E-state index contributed by atoms with van der Waals surface area (Å²) in [6.07, 6.45) is 2.13. The first-order chi connectivity index (χ1) is 6.19. The van der Waals surface area contributed by atoms with Crippen LogP contribution < -0.4 is 5.73 Å². The topological polar surface area (TPSA) is 54.7 Å². The highest BCUT2D eigenvalue weighted by Crippen LogP contribution is 2.17. The second-order valence-corrected chi connectivity index (χ2v) is 3.66. The van der Waals surface area contributed by atoms with Crippen molar-refractivity contribution in [3.8, 4) is 0 Å². The summed E-state index contributed by atoms with van der Waals surface area (Å²) in [5.74, 6) is 1.53. The van der Waals surface area contributed by atoms with Gasteiger partial charge >= 0.3 is 0 Å². The Morgan fingerprint density at radius 3 is 2.54 bits per heavy atom. The molecule has 1 rings (SSSR count). The monoisotopic (exact) mass is 181 g/mol. The number of hydrogen-bond donors (Lipinski definition) is 2. The zero-order valence-corrected chi connectivity index (χ0v) is 8.72. The van der Waals surface area contributed by atoms with Gasteiger partial charge in [0.05, 0.1) is 11.4 Å². The molecule has 0 bridgehead atoms. The lowest BCUT2D eigenvalue weighted by Gasteiger charge is -2.01. The summed E-state index contributed by atoms with van der Waals surface area (Å²) in [4.78, 5) is 7.81. The van der Waals surface area contributed by atoms with E-state index < -0.39 is 0 Å². The van der Waals surface area contributed by atoms with E-state index in [1.54, 1.807) is 0 Å². The van der Waals surface area contributed by atoms with Crippen LogP contribution in [0.15, 0.2) is 0 Å². The van der Waals surface area contributed by atoms with Crippen molar-refractivity contribution in [1.29, 1.82) is 0 Å². The van der Waals surface area contributed by atoms with Gasteiger partial charge in [-0.15, -0.1) is 0 Å². The molecule has 0 radical (unpaired) electrons. The molecule has 0 saturated carbocycles. The lowest BCUT2D eigenvalue weighted by atomic mass is 10.1. The normalized spacial score (nSPS) is 11.2. The zero-order valence-electron chi connectivity index (χ0n) is 8.72. The molecule has 0 aromatic carbocycles. The molecule has 13 heavy (non-hydrogen) atoms. The smallest absolute Gasteiger partial charge is 0.106 e. The van der Waals surface area contributed by atoms with Crippen molar-refractivity contribution >= 4 is 0 Å². The minimum absolute atomic E-state index is 0.459. The van der Waals surface area contributed by atoms with Crippen molar-refractivity contribution in [1.82, 2.24) is 9.97 Å². The number of nitrogens with one attached hydrogen (secondary N) is 1. The van der Waals surface area contributed by atoms with E-state index in [0.29, 0.717) is 12.5 Å². The molecule has 0 aliphatic carbocycles. The highest BCUT2D eigenvalue weighted by atomic mass is 14.9. The second-order valence-electron chi connectivity index (χ2n) is 3.66. The minimum atomic E-state index is 0.459. The Balaban J connectivity index is 2.90. The van der Waals surface area contributed by atoms with Gasteiger partial charge in [-0.2, -0.15) is 0 Å². The third kappa shape index (κ3) is 2.31. The molecule has 0 spiro atoms. The van der Waals surface area contributed by atoms with Crippen molar-refractivity contribution in [2.24, 2.45) is 5.73 Å². The van der Waals surface area contributed by atoms with Gasteiger partial charge < -0.3 is 10.7 Å². The first-order valence-corrected chi connectivity index (χ1v) is 4.96. The first-order valence-electron chi connectivity index (χ1n) is 4.96. The predicted molar refractivity (Wildman–Crippen MR) is 54.6 cm³/mol. The van der Waals surface area contributed by atoms with Crippen LogP contribution in [-0.4, -0.2) is 9.97 Å². The summed E-state index contributed by atoms with van der Waals surface area (Å²) >= 11 is 0. The van der Waals surface area contributed by atoms with Crippen LogP contribution in [0, 0.1) is 0 Å². The fourth-order valence-corrected chi connectivity index (χ4v) is 1.47. The van der Waals surface area contributed by atoms with Crippen LogP contribution in [0.3, 0.4) is 0 Å². The number of aromatic nitrogens is 2. The molecule has 3 heteroatoms. The van der Waals surface area contributed by atoms with Crippen molar-refractivity contribution in [3.05, 3.63) is 17.2 Å². The van der Waals surface area contributed by atoms with Gasteiger partial charge in [0, 0.05) is 13.0 Å². The molecule has 1 aromatic heterocycles. The van der Waals surface area contributed by atoms with Crippen molar-refractivity contribution < 1.29 is 0 Å². The van der Waals surface area contributed by atoms with E-state index >= 15 is 0 Å². The predicted octanol–water partition coefficient (Wildman–Crippen LogP) is 1.94. The van der Waals surface area contributed by atoms with E-state index in [1.165, 1.54) is 0 Å². The number of H-pyrrole nitrogens is 1. The van der Waals surface area contributed by atoms with Gasteiger partial charge in [0.2, 0.25) is 0 Å². The Morgan fingerprint density at radius 2 is 2.15 bits per heavy atom. The molecular formula is C10H19N3. The standard InChI is InChI=1S/C10H19N3/c1-4-5-9-12-8(6-11)10(13-9)7(2)3/h7H,4-6,11H2,1-3H3,(H,12,13). The highest BCUT2D eigenvalue weighted by Gasteiger charge is 2.11. The van der Waals surface area contributed by atoms with Crippen molar-refractivity contribution in [2.45, 2.75) is 46.1 Å². The van der Waals surface area contributed by atoms with E-state index in [2.05, 4.69) is 30.7 Å². The van der Waals surface area contributed by atoms with E-state index in [0.717, 1.165) is 30.1 Å². The van der Waals surface area contributed by atoms with E-state index in [9.17, 15) is 0 Å². The van der Waals surface area contributed by atoms with Gasteiger partial charge in [-0.05, 0) is 12.3 Å². The summed E-state index contributed by atoms with van der Waals surface area (Å²) in [5.41, 5.74) is 7.85. The van der Waals surface area contributed by atoms with Crippen LogP contribution in [0.2, 0.25) is 0 Å². The molecular weight excluding hydrogens is 162 g/mol. The third-order valence-electron chi connectivity index (χ3n) is 2.10. The first kappa shape index (κ1) is 10.3. The average Bonchev–Trinajstić information content (AvgIpc) is 2.48. The van der Waals surface area contributed by atoms with Crippen LogP contribution in [0.1, 0.15) is 50.3 Å². The van der Waals surface area contributed by atoms with Gasteiger partial charge in [0.1, 0.15) is 5.82 Å². The molecule has 3 N–H and O–H groups in total. The fraction of sp³-hybridized carbons (Fsp3) is 0.700. The lowest BCUT2D eigenvalue weighted by Crippen LogP contribution is -2.02. The van der Waals surface area contributed by atoms with E-state index in [4.69, 9.17) is 5.73 Å². The van der Waals surface area contributed by atoms with E-state index in [1.807, 2.05) is 0 Å². The number of aryl methyl sites for hydroxylation is 1. The van der Waals surface area contributed by atoms with Gasteiger partial charge in [0.15, 0.2) is 0 Å². The maximum atomic E-state index is 5.63. The zero-order chi connectivity index (χ0) is 9.84. The average molecular weight is 181 g/mol. The molecule has 3 nitrogen and oxygen atoms in total. The van der Waals surface area contributed by atoms with Crippen LogP contribution in [0.25, 0.3) is 0 Å². The molecule has 0 aliphatic rings. The summed E-state index contributed by atoms with van der Waals surface area (Å²) in [5, 5.41) is 0. The van der Waals surface area contributed by atoms with Crippen LogP contribution in [-0.2, 0) is 13.0 Å². The number of nitrogens with zero attached hydrogens (tertiary/aromatic N) is 1. The SMILES string of the molecule is CCCc1nc(C(C)C)c(CN)[nH]1. The van der Waals surface area contributed by atoms with Gasteiger partial charge in [-0.3, -0.25) is 0 Å². The van der Waals surface area contributed by atoms with Gasteiger partial charge in [0.25, 0.3) is 0 Å². The lowest BCUT2D eigenvalue weighted by molar-refractivity contribution is 0.797.